The van der Waals surface area contributed by atoms with Crippen LogP contribution in [0.15, 0.2) is 18.2 Å². The van der Waals surface area contributed by atoms with E-state index >= 15 is 0 Å². The first-order valence-electron chi connectivity index (χ1n) is 7.98. The lowest BCUT2D eigenvalue weighted by Crippen LogP contribution is -2.36. The molecule has 0 bridgehead atoms. The summed E-state index contributed by atoms with van der Waals surface area (Å²) in [6.45, 7) is 12.0. The van der Waals surface area contributed by atoms with Crippen LogP contribution in [0, 0.1) is 12.8 Å². The summed E-state index contributed by atoms with van der Waals surface area (Å²) in [4.78, 5) is 0. The van der Waals surface area contributed by atoms with Crippen molar-refractivity contribution in [3.63, 3.8) is 0 Å². The molecule has 1 saturated carbocycles. The Balaban J connectivity index is 2.05. The van der Waals surface area contributed by atoms with E-state index in [0.717, 1.165) is 18.3 Å². The van der Waals surface area contributed by atoms with Crippen LogP contribution in [0.3, 0.4) is 0 Å². The molecular weight excluding hydrogens is 246 g/mol. The first-order valence-corrected chi connectivity index (χ1v) is 7.98. The topological polar surface area (TPSA) is 21.3 Å². The lowest BCUT2D eigenvalue weighted by molar-refractivity contribution is 0.147. The number of hydrogen-bond acceptors (Lipinski definition) is 2. The highest BCUT2D eigenvalue weighted by molar-refractivity contribution is 5.38. The van der Waals surface area contributed by atoms with Crippen molar-refractivity contribution in [3.8, 4) is 5.75 Å². The van der Waals surface area contributed by atoms with Crippen molar-refractivity contribution in [1.82, 2.24) is 5.32 Å². The lowest BCUT2D eigenvalue weighted by Gasteiger charge is -2.25. The average Bonchev–Trinajstić information content (AvgIpc) is 3.19. The van der Waals surface area contributed by atoms with E-state index in [1.807, 2.05) is 0 Å². The van der Waals surface area contributed by atoms with Crippen molar-refractivity contribution in [2.75, 3.05) is 6.54 Å². The molecule has 0 radical (unpaired) electrons. The highest BCUT2D eigenvalue weighted by Crippen LogP contribution is 2.26. The predicted molar refractivity (Wildman–Crippen MR) is 85.5 cm³/mol. The minimum Gasteiger partial charge on any atom is -0.489 e. The fourth-order valence-electron chi connectivity index (χ4n) is 2.25. The minimum atomic E-state index is 0.247. The molecule has 2 heteroatoms. The van der Waals surface area contributed by atoms with E-state index in [1.165, 1.54) is 24.0 Å². The summed E-state index contributed by atoms with van der Waals surface area (Å²) in [7, 11) is 0. The molecule has 1 N–H and O–H groups in total. The zero-order valence-electron chi connectivity index (χ0n) is 13.6. The van der Waals surface area contributed by atoms with Gasteiger partial charge >= 0.3 is 0 Å². The number of nitrogens with one attached hydrogen (secondary N) is 1. The Morgan fingerprint density at radius 1 is 1.20 bits per heavy atom. The summed E-state index contributed by atoms with van der Waals surface area (Å²) >= 11 is 0. The Morgan fingerprint density at radius 2 is 1.90 bits per heavy atom. The van der Waals surface area contributed by atoms with Gasteiger partial charge in [-0.2, -0.15) is 0 Å². The molecule has 0 amide bonds. The van der Waals surface area contributed by atoms with E-state index in [-0.39, 0.29) is 6.10 Å². The van der Waals surface area contributed by atoms with Gasteiger partial charge in [-0.3, -0.25) is 0 Å². The fraction of sp³-hybridized carbons (Fsp3) is 0.667. The number of rotatable bonds is 7. The van der Waals surface area contributed by atoms with Crippen molar-refractivity contribution in [2.24, 2.45) is 5.92 Å². The first-order chi connectivity index (χ1) is 9.47. The largest absolute Gasteiger partial charge is 0.489 e. The molecule has 1 aliphatic rings. The zero-order chi connectivity index (χ0) is 14.7. The summed E-state index contributed by atoms with van der Waals surface area (Å²) in [5, 5.41) is 3.59. The molecule has 1 unspecified atom stereocenters. The molecular formula is C18H29NO. The van der Waals surface area contributed by atoms with Gasteiger partial charge in [0.1, 0.15) is 11.9 Å². The monoisotopic (exact) mass is 275 g/mol. The first kappa shape index (κ1) is 15.4. The maximum absolute atomic E-state index is 6.31. The molecule has 2 rings (SSSR count). The van der Waals surface area contributed by atoms with E-state index in [4.69, 9.17) is 4.74 Å². The molecule has 112 valence electrons. The fourth-order valence-corrected chi connectivity index (χ4v) is 2.25. The molecule has 1 fully saturated rings. The zero-order valence-corrected chi connectivity index (χ0v) is 13.6. The quantitative estimate of drug-likeness (QED) is 0.802. The number of aryl methyl sites for hydroxylation is 1. The molecule has 0 aliphatic heterocycles. The molecule has 0 saturated heterocycles. The van der Waals surface area contributed by atoms with Crippen LogP contribution in [0.1, 0.15) is 57.6 Å². The van der Waals surface area contributed by atoms with Crippen molar-refractivity contribution in [1.29, 1.82) is 0 Å². The van der Waals surface area contributed by atoms with Crippen LogP contribution in [-0.2, 0) is 0 Å². The van der Waals surface area contributed by atoms with Gasteiger partial charge in [-0.25, -0.2) is 0 Å². The van der Waals surface area contributed by atoms with Crippen LogP contribution >= 0.6 is 0 Å². The average molecular weight is 275 g/mol. The molecule has 0 aromatic heterocycles. The second kappa shape index (κ2) is 6.62. The van der Waals surface area contributed by atoms with Crippen LogP contribution in [0.5, 0.6) is 5.75 Å². The number of benzene rings is 1. The van der Waals surface area contributed by atoms with Crippen LogP contribution in [-0.4, -0.2) is 18.7 Å². The molecule has 1 aromatic carbocycles. The van der Waals surface area contributed by atoms with Gasteiger partial charge in [0.05, 0.1) is 0 Å². The molecule has 0 heterocycles. The van der Waals surface area contributed by atoms with Crippen molar-refractivity contribution in [3.05, 3.63) is 29.3 Å². The third kappa shape index (κ3) is 4.24. The second-order valence-corrected chi connectivity index (χ2v) is 6.76. The molecule has 1 atom stereocenters. The van der Waals surface area contributed by atoms with Gasteiger partial charge in [0.15, 0.2) is 0 Å². The molecule has 0 spiro atoms. The minimum absolute atomic E-state index is 0.247. The van der Waals surface area contributed by atoms with E-state index in [2.05, 4.69) is 58.1 Å². The normalized spacial score (nSPS) is 16.8. The van der Waals surface area contributed by atoms with Crippen LogP contribution < -0.4 is 10.1 Å². The maximum atomic E-state index is 6.31. The number of hydrogen-bond donors (Lipinski definition) is 1. The van der Waals surface area contributed by atoms with Gasteiger partial charge in [0.2, 0.25) is 0 Å². The Labute approximate surface area is 123 Å². The van der Waals surface area contributed by atoms with E-state index in [0.29, 0.717) is 11.8 Å². The summed E-state index contributed by atoms with van der Waals surface area (Å²) in [6, 6.07) is 7.34. The summed E-state index contributed by atoms with van der Waals surface area (Å²) < 4.78 is 6.31. The highest BCUT2D eigenvalue weighted by atomic mass is 16.5. The van der Waals surface area contributed by atoms with Crippen LogP contribution in [0.4, 0.5) is 0 Å². The SMILES string of the molecule is Cc1ccc(C(C)C)cc1OC(CNC1CC1)C(C)C. The van der Waals surface area contributed by atoms with E-state index in [9.17, 15) is 0 Å². The summed E-state index contributed by atoms with van der Waals surface area (Å²) in [5.41, 5.74) is 2.58. The molecule has 2 nitrogen and oxygen atoms in total. The van der Waals surface area contributed by atoms with Crippen molar-refractivity contribution >= 4 is 0 Å². The second-order valence-electron chi connectivity index (χ2n) is 6.76. The predicted octanol–water partition coefficient (Wildman–Crippen LogP) is 4.27. The summed E-state index contributed by atoms with van der Waals surface area (Å²) in [6.07, 6.45) is 2.90. The summed E-state index contributed by atoms with van der Waals surface area (Å²) in [5.74, 6) is 2.11. The Morgan fingerprint density at radius 3 is 2.45 bits per heavy atom. The smallest absolute Gasteiger partial charge is 0.122 e. The van der Waals surface area contributed by atoms with Crippen LogP contribution in [0.2, 0.25) is 0 Å². The van der Waals surface area contributed by atoms with E-state index in [1.54, 1.807) is 0 Å². The third-order valence-corrected chi connectivity index (χ3v) is 4.09. The number of ether oxygens (including phenoxy) is 1. The standard InChI is InChI=1S/C18H29NO/c1-12(2)15-7-6-14(5)17(10-15)20-18(13(3)4)11-19-16-8-9-16/h6-7,10,12-13,16,18-19H,8-9,11H2,1-5H3. The van der Waals surface area contributed by atoms with Gasteiger partial charge in [0.25, 0.3) is 0 Å². The van der Waals surface area contributed by atoms with Gasteiger partial charge in [-0.15, -0.1) is 0 Å². The lowest BCUT2D eigenvalue weighted by atomic mass is 10.0. The van der Waals surface area contributed by atoms with Gasteiger partial charge < -0.3 is 10.1 Å². The van der Waals surface area contributed by atoms with Gasteiger partial charge in [0, 0.05) is 12.6 Å². The highest BCUT2D eigenvalue weighted by Gasteiger charge is 2.24. The van der Waals surface area contributed by atoms with Crippen molar-refractivity contribution < 1.29 is 4.74 Å². The molecule has 1 aliphatic carbocycles. The van der Waals surface area contributed by atoms with E-state index < -0.39 is 0 Å². The van der Waals surface area contributed by atoms with Gasteiger partial charge in [-0.05, 0) is 48.8 Å². The van der Waals surface area contributed by atoms with Gasteiger partial charge in [-0.1, -0.05) is 39.8 Å². The molecule has 1 aromatic rings. The third-order valence-electron chi connectivity index (χ3n) is 4.09. The Kier molecular flexibility index (Phi) is 5.09. The Hall–Kier alpha value is -1.02. The maximum Gasteiger partial charge on any atom is 0.122 e. The molecule has 20 heavy (non-hydrogen) atoms. The van der Waals surface area contributed by atoms with Crippen molar-refractivity contribution in [2.45, 2.75) is 65.5 Å². The van der Waals surface area contributed by atoms with Crippen LogP contribution in [0.25, 0.3) is 0 Å². The Bertz CT molecular complexity index is 435.